The van der Waals surface area contributed by atoms with Crippen LogP contribution >= 0.6 is 0 Å². The Morgan fingerprint density at radius 2 is 1.70 bits per heavy atom. The molecule has 1 aromatic carbocycles. The third-order valence-corrected chi connectivity index (χ3v) is 8.67. The fourth-order valence-corrected chi connectivity index (χ4v) is 5.62. The quantitative estimate of drug-likeness (QED) is 0.205. The molecule has 1 saturated heterocycles. The molecule has 4 atom stereocenters. The molecule has 43 heavy (non-hydrogen) atoms. The largest absolute Gasteiger partial charge is 0.493 e. The van der Waals surface area contributed by atoms with Crippen LogP contribution in [0.25, 0.3) is 0 Å². The first-order chi connectivity index (χ1) is 20.5. The Morgan fingerprint density at radius 1 is 1.00 bits per heavy atom. The van der Waals surface area contributed by atoms with E-state index in [0.29, 0.717) is 50.0 Å². The Morgan fingerprint density at radius 3 is 2.28 bits per heavy atom. The molecule has 2 amide bonds. The second kappa shape index (κ2) is 19.1. The number of methoxy groups -OCH3 is 2. The Bertz CT molecular complexity index is 967. The van der Waals surface area contributed by atoms with E-state index in [9.17, 15) is 14.7 Å². The lowest BCUT2D eigenvalue weighted by molar-refractivity contribution is -0.130. The first-order valence-electron chi connectivity index (χ1n) is 15.9. The lowest BCUT2D eigenvalue weighted by Crippen LogP contribution is -2.50. The van der Waals surface area contributed by atoms with Crippen LogP contribution in [0.15, 0.2) is 18.2 Å². The van der Waals surface area contributed by atoms with Crippen LogP contribution in [-0.4, -0.2) is 106 Å². The van der Waals surface area contributed by atoms with Crippen molar-refractivity contribution >= 4 is 11.8 Å². The lowest BCUT2D eigenvalue weighted by atomic mass is 9.81. The Balaban J connectivity index is 1.91. The van der Waals surface area contributed by atoms with Crippen LogP contribution in [0.4, 0.5) is 0 Å². The van der Waals surface area contributed by atoms with Gasteiger partial charge in [0.1, 0.15) is 0 Å². The molecule has 1 heterocycles. The zero-order valence-corrected chi connectivity index (χ0v) is 27.6. The molecule has 0 saturated carbocycles. The van der Waals surface area contributed by atoms with E-state index in [2.05, 4.69) is 30.1 Å². The molecule has 0 spiro atoms. The number of ether oxygens (including phenoxy) is 3. The van der Waals surface area contributed by atoms with Crippen LogP contribution in [0.2, 0.25) is 0 Å². The molecule has 1 aliphatic heterocycles. The second-order valence-electron chi connectivity index (χ2n) is 12.6. The Labute approximate surface area is 259 Å². The monoisotopic (exact) mass is 606 g/mol. The number of amides is 2. The molecule has 0 radical (unpaired) electrons. The number of hydrogen-bond donors (Lipinski definition) is 3. The standard InChI is InChI=1S/C33H58N4O6/c1-23(2)27(19-26-9-10-31(42-7)32(20-26)43-18-8-17-41-6)21-29(34)30(39)22-28(24(3)4)33(40)35-11-12-36-13-15-37(16-14-36)25(5)38/h9-10,20,23-24,27-30,39H,8,11-19,21-22,34H2,1-7H3,(H,35,40)/t27-,28-,29-,30-/m0/s1. The van der Waals surface area contributed by atoms with Gasteiger partial charge in [-0.15, -0.1) is 0 Å². The summed E-state index contributed by atoms with van der Waals surface area (Å²) in [4.78, 5) is 28.8. The van der Waals surface area contributed by atoms with Gasteiger partial charge in [-0.2, -0.15) is 0 Å². The number of benzene rings is 1. The number of carbonyl (C=O) groups excluding carboxylic acids is 2. The molecule has 1 fully saturated rings. The zero-order valence-electron chi connectivity index (χ0n) is 27.6. The average Bonchev–Trinajstić information content (AvgIpc) is 2.97. The molecular weight excluding hydrogens is 548 g/mol. The summed E-state index contributed by atoms with van der Waals surface area (Å²) in [6.45, 7) is 15.5. The minimum absolute atomic E-state index is 0.0414. The van der Waals surface area contributed by atoms with Gasteiger partial charge in [0.2, 0.25) is 11.8 Å². The summed E-state index contributed by atoms with van der Waals surface area (Å²) >= 11 is 0. The fourth-order valence-electron chi connectivity index (χ4n) is 5.62. The molecule has 0 aliphatic carbocycles. The van der Waals surface area contributed by atoms with E-state index in [1.54, 1.807) is 21.1 Å². The van der Waals surface area contributed by atoms with Gasteiger partial charge < -0.3 is 35.3 Å². The topological polar surface area (TPSA) is 127 Å². The number of rotatable bonds is 19. The normalized spacial score (nSPS) is 17.0. The maximum absolute atomic E-state index is 13.1. The van der Waals surface area contributed by atoms with Gasteiger partial charge in [-0.05, 0) is 54.7 Å². The number of nitrogens with one attached hydrogen (secondary N) is 1. The molecule has 10 heteroatoms. The van der Waals surface area contributed by atoms with Gasteiger partial charge in [-0.1, -0.05) is 33.8 Å². The predicted molar refractivity (Wildman–Crippen MR) is 170 cm³/mol. The van der Waals surface area contributed by atoms with Crippen molar-refractivity contribution in [3.8, 4) is 11.5 Å². The summed E-state index contributed by atoms with van der Waals surface area (Å²) in [7, 11) is 3.31. The molecule has 1 aromatic rings. The van der Waals surface area contributed by atoms with Gasteiger partial charge in [0.25, 0.3) is 0 Å². The summed E-state index contributed by atoms with van der Waals surface area (Å²) in [6, 6.07) is 5.58. The number of nitrogens with zero attached hydrogens (tertiary/aromatic N) is 2. The number of carbonyl (C=O) groups is 2. The number of nitrogens with two attached hydrogens (primary N) is 1. The molecule has 0 unspecified atom stereocenters. The van der Waals surface area contributed by atoms with Crippen LogP contribution < -0.4 is 20.5 Å². The van der Waals surface area contributed by atoms with Crippen LogP contribution in [-0.2, 0) is 20.7 Å². The van der Waals surface area contributed by atoms with Gasteiger partial charge in [-0.25, -0.2) is 0 Å². The van der Waals surface area contributed by atoms with E-state index in [1.165, 1.54) is 0 Å². The van der Waals surface area contributed by atoms with Gasteiger partial charge in [0.15, 0.2) is 11.5 Å². The molecule has 4 N–H and O–H groups in total. The van der Waals surface area contributed by atoms with Crippen LogP contribution in [0.3, 0.4) is 0 Å². The van der Waals surface area contributed by atoms with E-state index in [0.717, 1.165) is 51.1 Å². The van der Waals surface area contributed by atoms with Crippen molar-refractivity contribution in [2.75, 3.05) is 66.7 Å². The number of aliphatic hydroxyl groups is 1. The van der Waals surface area contributed by atoms with Gasteiger partial charge in [0, 0.05) is 78.3 Å². The highest BCUT2D eigenvalue weighted by atomic mass is 16.5. The molecule has 246 valence electrons. The number of aliphatic hydroxyl groups excluding tert-OH is 1. The number of piperazine rings is 1. The zero-order chi connectivity index (χ0) is 31.9. The van der Waals surface area contributed by atoms with E-state index >= 15 is 0 Å². The third kappa shape index (κ3) is 12.6. The number of hydrogen-bond acceptors (Lipinski definition) is 8. The average molecular weight is 607 g/mol. The van der Waals surface area contributed by atoms with Crippen molar-refractivity contribution in [2.24, 2.45) is 29.4 Å². The summed E-state index contributed by atoms with van der Waals surface area (Å²) < 4.78 is 16.6. The smallest absolute Gasteiger partial charge is 0.223 e. The van der Waals surface area contributed by atoms with Crippen molar-refractivity contribution in [2.45, 2.75) is 72.4 Å². The molecule has 0 aromatic heterocycles. The van der Waals surface area contributed by atoms with Crippen molar-refractivity contribution in [3.63, 3.8) is 0 Å². The Hall–Kier alpha value is -2.40. The summed E-state index contributed by atoms with van der Waals surface area (Å²) in [6.07, 6.45) is 1.78. The van der Waals surface area contributed by atoms with Crippen molar-refractivity contribution in [3.05, 3.63) is 23.8 Å². The van der Waals surface area contributed by atoms with Crippen molar-refractivity contribution < 1.29 is 28.9 Å². The maximum Gasteiger partial charge on any atom is 0.223 e. The van der Waals surface area contributed by atoms with Crippen molar-refractivity contribution in [1.29, 1.82) is 0 Å². The van der Waals surface area contributed by atoms with Gasteiger partial charge in [-0.3, -0.25) is 14.5 Å². The predicted octanol–water partition coefficient (Wildman–Crippen LogP) is 2.95. The summed E-state index contributed by atoms with van der Waals surface area (Å²) in [5.74, 6) is 1.83. The van der Waals surface area contributed by atoms with Crippen molar-refractivity contribution in [1.82, 2.24) is 15.1 Å². The summed E-state index contributed by atoms with van der Waals surface area (Å²) in [5.41, 5.74) is 7.71. The highest BCUT2D eigenvalue weighted by Crippen LogP contribution is 2.31. The lowest BCUT2D eigenvalue weighted by Gasteiger charge is -2.34. The van der Waals surface area contributed by atoms with Gasteiger partial charge >= 0.3 is 0 Å². The Kier molecular flexibility index (Phi) is 16.3. The minimum atomic E-state index is -0.783. The van der Waals surface area contributed by atoms with Crippen LogP contribution in [0.5, 0.6) is 11.5 Å². The SMILES string of the molecule is COCCCOc1cc(C[C@@H](C[C@H](N)[C@@H](O)C[C@H](C(=O)NCCN2CCN(C(C)=O)CC2)C(C)C)C(C)C)ccc1OC. The fraction of sp³-hybridized carbons (Fsp3) is 0.758. The second-order valence-corrected chi connectivity index (χ2v) is 12.6. The van der Waals surface area contributed by atoms with Gasteiger partial charge in [0.05, 0.1) is 19.8 Å². The summed E-state index contributed by atoms with van der Waals surface area (Å²) in [5, 5.41) is 14.2. The van der Waals surface area contributed by atoms with E-state index in [4.69, 9.17) is 19.9 Å². The van der Waals surface area contributed by atoms with Crippen LogP contribution in [0.1, 0.15) is 59.4 Å². The highest BCUT2D eigenvalue weighted by Gasteiger charge is 2.30. The van der Waals surface area contributed by atoms with Crippen LogP contribution in [0, 0.1) is 23.7 Å². The highest BCUT2D eigenvalue weighted by molar-refractivity contribution is 5.78. The first kappa shape index (κ1) is 36.8. The molecule has 10 nitrogen and oxygen atoms in total. The minimum Gasteiger partial charge on any atom is -0.493 e. The molecule has 1 aliphatic rings. The molecule has 0 bridgehead atoms. The van der Waals surface area contributed by atoms with E-state index in [-0.39, 0.29) is 29.6 Å². The molecule has 2 rings (SSSR count). The molecular formula is C33H58N4O6. The van der Waals surface area contributed by atoms with E-state index in [1.807, 2.05) is 30.9 Å². The third-order valence-electron chi connectivity index (χ3n) is 8.67. The van der Waals surface area contributed by atoms with E-state index < -0.39 is 12.1 Å². The first-order valence-corrected chi connectivity index (χ1v) is 15.9. The maximum atomic E-state index is 13.1.